The van der Waals surface area contributed by atoms with Crippen LogP contribution in [0.2, 0.25) is 5.02 Å². The molecule has 1 N–H and O–H groups in total. The summed E-state index contributed by atoms with van der Waals surface area (Å²) in [5.74, 6) is -0.358. The lowest BCUT2D eigenvalue weighted by Gasteiger charge is -2.14. The summed E-state index contributed by atoms with van der Waals surface area (Å²) in [5, 5.41) is 3.26. The van der Waals surface area contributed by atoms with Crippen LogP contribution in [0.3, 0.4) is 0 Å². The fourth-order valence-corrected chi connectivity index (χ4v) is 3.03. The van der Waals surface area contributed by atoms with Crippen LogP contribution in [0.5, 0.6) is 0 Å². The summed E-state index contributed by atoms with van der Waals surface area (Å²) in [7, 11) is 1.53. The maximum atomic E-state index is 13.1. The molecule has 8 heteroatoms. The third kappa shape index (κ3) is 3.79. The molecule has 1 heterocycles. The molecule has 0 aliphatic heterocycles. The predicted molar refractivity (Wildman–Crippen MR) is 104 cm³/mol. The van der Waals surface area contributed by atoms with Crippen LogP contribution in [0.15, 0.2) is 58.1 Å². The van der Waals surface area contributed by atoms with Gasteiger partial charge >= 0.3 is 5.69 Å². The number of aromatic nitrogens is 2. The van der Waals surface area contributed by atoms with Gasteiger partial charge in [-0.1, -0.05) is 35.9 Å². The van der Waals surface area contributed by atoms with Gasteiger partial charge in [-0.05, 0) is 24.3 Å². The van der Waals surface area contributed by atoms with Gasteiger partial charge in [0.25, 0.3) is 5.56 Å². The first-order valence-electron chi connectivity index (χ1n) is 8.29. The number of benzene rings is 2. The maximum absolute atomic E-state index is 13.1. The Labute approximate surface area is 159 Å². The average molecular weight is 388 g/mol. The first-order chi connectivity index (χ1) is 13.0. The Balaban J connectivity index is 2.19. The number of nitrogens with one attached hydrogen (secondary N) is 1. The van der Waals surface area contributed by atoms with Gasteiger partial charge in [-0.15, -0.1) is 0 Å². The highest BCUT2D eigenvalue weighted by Crippen LogP contribution is 2.18. The van der Waals surface area contributed by atoms with Crippen LogP contribution in [0.4, 0.5) is 0 Å². The molecule has 1 amide bonds. The van der Waals surface area contributed by atoms with Crippen LogP contribution in [0, 0.1) is 0 Å². The number of hydrogen-bond donors (Lipinski definition) is 1. The molecule has 3 rings (SSSR count). The van der Waals surface area contributed by atoms with Gasteiger partial charge < -0.3 is 10.1 Å². The molecule has 7 nitrogen and oxygen atoms in total. The van der Waals surface area contributed by atoms with Gasteiger partial charge in [0, 0.05) is 13.7 Å². The molecule has 0 unspecified atom stereocenters. The van der Waals surface area contributed by atoms with Gasteiger partial charge in [0.1, 0.15) is 6.54 Å². The van der Waals surface area contributed by atoms with Crippen LogP contribution in [0.1, 0.15) is 0 Å². The van der Waals surface area contributed by atoms with Crippen LogP contribution < -0.4 is 16.6 Å². The number of methoxy groups -OCH3 is 1. The zero-order valence-electron chi connectivity index (χ0n) is 14.6. The highest BCUT2D eigenvalue weighted by molar-refractivity contribution is 6.32. The number of amides is 1. The number of para-hydroxylation sites is 2. The number of fused-ring (bicyclic) bond motifs is 1. The summed E-state index contributed by atoms with van der Waals surface area (Å²) in [5.41, 5.74) is -0.459. The van der Waals surface area contributed by atoms with Gasteiger partial charge in [-0.2, -0.15) is 0 Å². The van der Waals surface area contributed by atoms with Gasteiger partial charge in [0.15, 0.2) is 0 Å². The van der Waals surface area contributed by atoms with E-state index in [1.165, 1.54) is 11.7 Å². The summed E-state index contributed by atoms with van der Waals surface area (Å²) >= 11 is 6.20. The minimum absolute atomic E-state index is 0.228. The van der Waals surface area contributed by atoms with Gasteiger partial charge in [0.2, 0.25) is 5.91 Å². The number of nitrogens with zero attached hydrogens (tertiary/aromatic N) is 2. The van der Waals surface area contributed by atoms with Crippen molar-refractivity contribution < 1.29 is 9.53 Å². The SMILES string of the molecule is COCCNC(=O)Cn1c(=O)n(-c2ccccc2Cl)c(=O)c2ccccc21. The minimum atomic E-state index is -0.631. The number of carbonyl (C=O) groups is 1. The van der Waals surface area contributed by atoms with Crippen LogP contribution in [0.25, 0.3) is 16.6 Å². The van der Waals surface area contributed by atoms with E-state index < -0.39 is 11.2 Å². The van der Waals surface area contributed by atoms with Gasteiger partial charge in [-0.25, -0.2) is 9.36 Å². The van der Waals surface area contributed by atoms with E-state index in [9.17, 15) is 14.4 Å². The van der Waals surface area contributed by atoms with Gasteiger partial charge in [0.05, 0.1) is 28.2 Å². The molecule has 0 saturated heterocycles. The third-order valence-corrected chi connectivity index (χ3v) is 4.39. The summed E-state index contributed by atoms with van der Waals surface area (Å²) in [6.07, 6.45) is 0. The van der Waals surface area contributed by atoms with Crippen molar-refractivity contribution in [2.24, 2.45) is 0 Å². The first kappa shape index (κ1) is 18.9. The molecule has 0 atom stereocenters. The highest BCUT2D eigenvalue weighted by Gasteiger charge is 2.17. The molecular weight excluding hydrogens is 370 g/mol. The monoisotopic (exact) mass is 387 g/mol. The number of ether oxygens (including phenoxy) is 1. The van der Waals surface area contributed by atoms with E-state index in [1.807, 2.05) is 0 Å². The van der Waals surface area contributed by atoms with E-state index in [0.717, 1.165) is 4.57 Å². The Morgan fingerprint density at radius 2 is 1.81 bits per heavy atom. The molecule has 27 heavy (non-hydrogen) atoms. The van der Waals surface area contributed by atoms with Crippen molar-refractivity contribution in [1.29, 1.82) is 0 Å². The summed E-state index contributed by atoms with van der Waals surface area (Å²) in [4.78, 5) is 38.3. The smallest absolute Gasteiger partial charge is 0.336 e. The lowest BCUT2D eigenvalue weighted by Crippen LogP contribution is -2.42. The lowest BCUT2D eigenvalue weighted by molar-refractivity contribution is -0.121. The molecule has 2 aromatic carbocycles. The Kier molecular flexibility index (Phi) is 5.73. The molecule has 0 saturated carbocycles. The molecule has 0 fully saturated rings. The second-order valence-corrected chi connectivity index (χ2v) is 6.23. The molecule has 140 valence electrons. The van der Waals surface area contributed by atoms with Crippen molar-refractivity contribution in [3.05, 3.63) is 74.4 Å². The Bertz CT molecular complexity index is 1100. The zero-order chi connectivity index (χ0) is 19.4. The zero-order valence-corrected chi connectivity index (χ0v) is 15.4. The van der Waals surface area contributed by atoms with E-state index in [-0.39, 0.29) is 23.2 Å². The Morgan fingerprint density at radius 3 is 2.56 bits per heavy atom. The van der Waals surface area contributed by atoms with Crippen molar-refractivity contribution in [2.75, 3.05) is 20.3 Å². The second kappa shape index (κ2) is 8.20. The van der Waals surface area contributed by atoms with Crippen molar-refractivity contribution in [3.63, 3.8) is 0 Å². The average Bonchev–Trinajstić information content (AvgIpc) is 2.67. The standard InChI is InChI=1S/C19H18ClN3O4/c1-27-11-10-21-17(24)12-22-15-8-4-2-6-13(15)18(25)23(19(22)26)16-9-5-3-7-14(16)20/h2-9H,10-12H2,1H3,(H,21,24). The quantitative estimate of drug-likeness (QED) is 0.651. The van der Waals surface area contributed by atoms with Crippen molar-refractivity contribution in [1.82, 2.24) is 14.5 Å². The van der Waals surface area contributed by atoms with E-state index in [0.29, 0.717) is 24.1 Å². The number of carbonyl (C=O) groups excluding carboxylic acids is 1. The second-order valence-electron chi connectivity index (χ2n) is 5.82. The van der Waals surface area contributed by atoms with Crippen LogP contribution in [-0.4, -0.2) is 35.3 Å². The number of rotatable bonds is 6. The van der Waals surface area contributed by atoms with E-state index in [2.05, 4.69) is 5.32 Å². The van der Waals surface area contributed by atoms with Crippen LogP contribution in [-0.2, 0) is 16.1 Å². The predicted octanol–water partition coefficient (Wildman–Crippen LogP) is 1.57. The fraction of sp³-hybridized carbons (Fsp3) is 0.211. The molecule has 0 aliphatic rings. The molecule has 0 radical (unpaired) electrons. The number of hydrogen-bond acceptors (Lipinski definition) is 4. The van der Waals surface area contributed by atoms with E-state index in [1.54, 1.807) is 48.5 Å². The molecule has 3 aromatic rings. The minimum Gasteiger partial charge on any atom is -0.383 e. The van der Waals surface area contributed by atoms with E-state index in [4.69, 9.17) is 16.3 Å². The molecule has 0 spiro atoms. The number of halogens is 1. The Hall–Kier alpha value is -2.90. The lowest BCUT2D eigenvalue weighted by atomic mass is 10.2. The topological polar surface area (TPSA) is 82.3 Å². The molecule has 0 aliphatic carbocycles. The summed E-state index contributed by atoms with van der Waals surface area (Å²) in [6, 6.07) is 13.2. The van der Waals surface area contributed by atoms with Crippen molar-refractivity contribution >= 4 is 28.4 Å². The van der Waals surface area contributed by atoms with Crippen molar-refractivity contribution in [2.45, 2.75) is 6.54 Å². The van der Waals surface area contributed by atoms with Gasteiger partial charge in [-0.3, -0.25) is 14.2 Å². The van der Waals surface area contributed by atoms with Crippen molar-refractivity contribution in [3.8, 4) is 5.69 Å². The molecule has 1 aromatic heterocycles. The normalized spacial score (nSPS) is 10.9. The summed E-state index contributed by atoms with van der Waals surface area (Å²) < 4.78 is 7.16. The Morgan fingerprint density at radius 1 is 1.11 bits per heavy atom. The molecular formula is C19H18ClN3O4. The van der Waals surface area contributed by atoms with E-state index >= 15 is 0 Å². The first-order valence-corrected chi connectivity index (χ1v) is 8.67. The largest absolute Gasteiger partial charge is 0.383 e. The fourth-order valence-electron chi connectivity index (χ4n) is 2.81. The maximum Gasteiger partial charge on any atom is 0.336 e. The van der Waals surface area contributed by atoms with Crippen LogP contribution >= 0.6 is 11.6 Å². The third-order valence-electron chi connectivity index (χ3n) is 4.07. The molecule has 0 bridgehead atoms. The summed E-state index contributed by atoms with van der Waals surface area (Å²) in [6.45, 7) is 0.459. The highest BCUT2D eigenvalue weighted by atomic mass is 35.5.